The summed E-state index contributed by atoms with van der Waals surface area (Å²) in [4.78, 5) is 40.4. The van der Waals surface area contributed by atoms with Gasteiger partial charge in [-0.2, -0.15) is 0 Å². The zero-order chi connectivity index (χ0) is 27.1. The topological polar surface area (TPSA) is 109 Å². The molecule has 0 bridgehead atoms. The third-order valence-corrected chi connectivity index (χ3v) is 5.95. The molecule has 1 aliphatic heterocycles. The van der Waals surface area contributed by atoms with Crippen LogP contribution in [-0.4, -0.2) is 59.4 Å². The number of imide groups is 1. The van der Waals surface area contributed by atoms with E-state index in [-0.39, 0.29) is 24.4 Å². The summed E-state index contributed by atoms with van der Waals surface area (Å²) in [6.07, 6.45) is 3.37. The Labute approximate surface area is 221 Å². The first-order valence-electron chi connectivity index (χ1n) is 12.8. The van der Waals surface area contributed by atoms with E-state index in [2.05, 4.69) is 22.1 Å². The molecule has 1 saturated heterocycles. The van der Waals surface area contributed by atoms with Gasteiger partial charge in [-0.25, -0.2) is 4.98 Å². The largest absolute Gasteiger partial charge is 0.460 e. The number of hydrogen-bond acceptors (Lipinski definition) is 7. The first-order chi connectivity index (χ1) is 18.2. The molecule has 1 atom stereocenters. The van der Waals surface area contributed by atoms with Crippen molar-refractivity contribution in [2.75, 3.05) is 26.4 Å². The number of pyridine rings is 1. The number of ether oxygens (including phenoxy) is 3. The summed E-state index contributed by atoms with van der Waals surface area (Å²) in [5.41, 5.74) is 1.94. The van der Waals surface area contributed by atoms with Gasteiger partial charge in [-0.15, -0.1) is 0 Å². The van der Waals surface area contributed by atoms with Gasteiger partial charge in [0, 0.05) is 42.0 Å². The number of amides is 2. The average Bonchev–Trinajstić information content (AvgIpc) is 3.18. The lowest BCUT2D eigenvalue weighted by Crippen LogP contribution is -2.41. The van der Waals surface area contributed by atoms with Crippen LogP contribution in [0.4, 0.5) is 0 Å². The van der Waals surface area contributed by atoms with Gasteiger partial charge in [0.05, 0.1) is 18.7 Å². The molecule has 1 aliphatic rings. The molecular formula is C29H33N3O6. The monoisotopic (exact) mass is 519 g/mol. The minimum absolute atomic E-state index is 0.220. The second kappa shape index (κ2) is 12.2. The van der Waals surface area contributed by atoms with Crippen molar-refractivity contribution in [3.63, 3.8) is 0 Å². The number of piperidine rings is 1. The van der Waals surface area contributed by atoms with Crippen LogP contribution in [0.25, 0.3) is 21.9 Å². The average molecular weight is 520 g/mol. The molecule has 2 aromatic heterocycles. The summed E-state index contributed by atoms with van der Waals surface area (Å²) in [5, 5.41) is 4.31. The fraction of sp³-hybridized carbons (Fsp3) is 0.448. The maximum atomic E-state index is 12.6. The van der Waals surface area contributed by atoms with E-state index in [0.29, 0.717) is 51.2 Å². The highest BCUT2D eigenvalue weighted by atomic mass is 16.6. The summed E-state index contributed by atoms with van der Waals surface area (Å²) in [5.74, 6) is 5.38. The van der Waals surface area contributed by atoms with Crippen molar-refractivity contribution < 1.29 is 28.6 Å². The molecule has 4 rings (SSSR count). The molecule has 1 unspecified atom stereocenters. The molecule has 1 fully saturated rings. The molecule has 3 heterocycles. The van der Waals surface area contributed by atoms with Gasteiger partial charge in [-0.1, -0.05) is 11.8 Å². The maximum absolute atomic E-state index is 12.6. The van der Waals surface area contributed by atoms with Crippen molar-refractivity contribution in [3.05, 3.63) is 42.1 Å². The molecule has 1 aromatic carbocycles. The lowest BCUT2D eigenvalue weighted by Gasteiger charge is -2.23. The van der Waals surface area contributed by atoms with E-state index in [1.807, 2.05) is 55.7 Å². The van der Waals surface area contributed by atoms with E-state index < -0.39 is 11.6 Å². The van der Waals surface area contributed by atoms with E-state index in [4.69, 9.17) is 14.2 Å². The van der Waals surface area contributed by atoms with E-state index in [0.717, 1.165) is 21.9 Å². The highest BCUT2D eigenvalue weighted by molar-refractivity contribution is 6.09. The Morgan fingerprint density at radius 2 is 1.95 bits per heavy atom. The van der Waals surface area contributed by atoms with Gasteiger partial charge in [0.1, 0.15) is 23.9 Å². The smallest absolute Gasteiger partial charge is 0.306 e. The number of benzene rings is 1. The highest BCUT2D eigenvalue weighted by Crippen LogP contribution is 2.33. The number of carbonyl (C=O) groups is 3. The van der Waals surface area contributed by atoms with Crippen molar-refractivity contribution in [2.24, 2.45) is 0 Å². The predicted molar refractivity (Wildman–Crippen MR) is 142 cm³/mol. The number of esters is 1. The fourth-order valence-corrected chi connectivity index (χ4v) is 4.39. The molecule has 3 aromatic rings. The highest BCUT2D eigenvalue weighted by Gasteiger charge is 2.30. The molecule has 0 spiro atoms. The first-order valence-corrected chi connectivity index (χ1v) is 12.8. The number of fused-ring (bicyclic) bond motifs is 3. The van der Waals surface area contributed by atoms with Gasteiger partial charge in [0.25, 0.3) is 0 Å². The van der Waals surface area contributed by atoms with Crippen LogP contribution >= 0.6 is 0 Å². The number of nitrogens with zero attached hydrogens (tertiary/aromatic N) is 2. The Balaban J connectivity index is 1.30. The van der Waals surface area contributed by atoms with Gasteiger partial charge >= 0.3 is 5.97 Å². The van der Waals surface area contributed by atoms with E-state index in [9.17, 15) is 14.4 Å². The third kappa shape index (κ3) is 6.97. The lowest BCUT2D eigenvalue weighted by molar-refractivity contribution is -0.155. The Hall–Kier alpha value is -3.74. The lowest BCUT2D eigenvalue weighted by atomic mass is 10.1. The van der Waals surface area contributed by atoms with Crippen LogP contribution in [0.5, 0.6) is 0 Å². The van der Waals surface area contributed by atoms with Gasteiger partial charge in [0.15, 0.2) is 0 Å². The maximum Gasteiger partial charge on any atom is 0.306 e. The second-order valence-corrected chi connectivity index (χ2v) is 10.1. The normalized spacial score (nSPS) is 15.8. The number of aromatic nitrogens is 2. The third-order valence-electron chi connectivity index (χ3n) is 5.95. The van der Waals surface area contributed by atoms with Gasteiger partial charge in [0.2, 0.25) is 11.8 Å². The van der Waals surface area contributed by atoms with Gasteiger partial charge in [-0.3, -0.25) is 19.7 Å². The first kappa shape index (κ1) is 27.3. The van der Waals surface area contributed by atoms with Crippen LogP contribution in [0.2, 0.25) is 0 Å². The molecule has 0 aliphatic carbocycles. The van der Waals surface area contributed by atoms with Crippen LogP contribution in [0, 0.1) is 11.8 Å². The molecule has 38 heavy (non-hydrogen) atoms. The zero-order valence-electron chi connectivity index (χ0n) is 22.0. The summed E-state index contributed by atoms with van der Waals surface area (Å²) < 4.78 is 18.2. The van der Waals surface area contributed by atoms with Gasteiger partial charge in [-0.05, 0) is 63.9 Å². The summed E-state index contributed by atoms with van der Waals surface area (Å²) in [6.45, 7) is 7.11. The number of nitrogens with one attached hydrogen (secondary N) is 1. The number of hydrogen-bond donors (Lipinski definition) is 1. The van der Waals surface area contributed by atoms with Crippen molar-refractivity contribution in [1.29, 1.82) is 0 Å². The van der Waals surface area contributed by atoms with E-state index in [1.165, 1.54) is 0 Å². The molecule has 200 valence electrons. The molecule has 9 heteroatoms. The summed E-state index contributed by atoms with van der Waals surface area (Å²) in [7, 11) is 0. The molecule has 1 N–H and O–H groups in total. The number of rotatable bonds is 9. The Kier molecular flexibility index (Phi) is 8.77. The minimum Gasteiger partial charge on any atom is -0.460 e. The fourth-order valence-electron chi connectivity index (χ4n) is 4.39. The molecular weight excluding hydrogens is 486 g/mol. The van der Waals surface area contributed by atoms with Crippen molar-refractivity contribution in [3.8, 4) is 11.8 Å². The van der Waals surface area contributed by atoms with E-state index >= 15 is 0 Å². The van der Waals surface area contributed by atoms with Crippen molar-refractivity contribution in [2.45, 2.75) is 58.1 Å². The van der Waals surface area contributed by atoms with Crippen molar-refractivity contribution >= 4 is 39.7 Å². The number of carbonyl (C=O) groups excluding carboxylic acids is 3. The van der Waals surface area contributed by atoms with E-state index in [1.54, 1.807) is 6.20 Å². The predicted octanol–water partition coefficient (Wildman–Crippen LogP) is 3.67. The minimum atomic E-state index is -0.493. The van der Waals surface area contributed by atoms with Crippen molar-refractivity contribution in [1.82, 2.24) is 14.9 Å². The molecule has 2 amide bonds. The van der Waals surface area contributed by atoms with Crippen LogP contribution in [0.1, 0.15) is 58.1 Å². The Bertz CT molecular complexity index is 1390. The molecule has 0 radical (unpaired) electrons. The second-order valence-electron chi connectivity index (χ2n) is 10.1. The summed E-state index contributed by atoms with van der Waals surface area (Å²) in [6, 6.07) is 9.18. The Morgan fingerprint density at radius 1 is 1.13 bits per heavy atom. The Morgan fingerprint density at radius 3 is 2.74 bits per heavy atom. The standard InChI is InChI=1S/C29H33N3O6/c1-29(2,3)38-26(34)9-6-16-37-18-17-36-15-5-7-20-10-11-23-22(19-20)21-8-4-14-30-27(21)32(23)24-12-13-25(33)31-28(24)35/h4,8,10-11,14,19,24H,6,9,12-13,15-18H2,1-3H3,(H,31,33,35). The SMILES string of the molecule is CC(C)(C)OC(=O)CCCOCCOCC#Cc1ccc2c(c1)c1cccnc1n2C1CCC(=O)NC1=O. The molecule has 0 saturated carbocycles. The van der Waals surface area contributed by atoms with Crippen LogP contribution in [-0.2, 0) is 28.6 Å². The van der Waals surface area contributed by atoms with Crippen LogP contribution in [0.3, 0.4) is 0 Å². The van der Waals surface area contributed by atoms with Gasteiger partial charge < -0.3 is 18.8 Å². The zero-order valence-corrected chi connectivity index (χ0v) is 22.0. The molecule has 9 nitrogen and oxygen atoms in total. The van der Waals surface area contributed by atoms with Crippen LogP contribution in [0.15, 0.2) is 36.5 Å². The quantitative estimate of drug-likeness (QED) is 0.199. The van der Waals surface area contributed by atoms with Crippen LogP contribution < -0.4 is 5.32 Å². The summed E-state index contributed by atoms with van der Waals surface area (Å²) >= 11 is 0.